The fourth-order valence-electron chi connectivity index (χ4n) is 4.02. The molecule has 1 aromatic heterocycles. The average Bonchev–Trinajstić information content (AvgIpc) is 3.06. The molecule has 2 aromatic rings. The Morgan fingerprint density at radius 2 is 2.12 bits per heavy atom. The van der Waals surface area contributed by atoms with Crippen LogP contribution < -0.4 is 0 Å². The first-order valence-electron chi connectivity index (χ1n) is 9.40. The summed E-state index contributed by atoms with van der Waals surface area (Å²) in [6.07, 6.45) is 9.88. The summed E-state index contributed by atoms with van der Waals surface area (Å²) >= 11 is 5.88. The zero-order valence-electron chi connectivity index (χ0n) is 14.8. The molecule has 1 N–H and O–H groups in total. The second-order valence-electron chi connectivity index (χ2n) is 7.49. The lowest BCUT2D eigenvalue weighted by Gasteiger charge is -2.34. The molecule has 2 heterocycles. The van der Waals surface area contributed by atoms with Gasteiger partial charge in [0.2, 0.25) is 0 Å². The van der Waals surface area contributed by atoms with Gasteiger partial charge < -0.3 is 14.6 Å². The van der Waals surface area contributed by atoms with Gasteiger partial charge in [-0.25, -0.2) is 4.98 Å². The maximum atomic E-state index is 12.9. The number of rotatable bonds is 4. The van der Waals surface area contributed by atoms with E-state index in [0.29, 0.717) is 23.7 Å². The summed E-state index contributed by atoms with van der Waals surface area (Å²) in [5.41, 5.74) is 0.313. The number of carbonyl (C=O) groups is 1. The number of phenolic OH excluding ortho intramolecular Hbond substituents is 1. The molecule has 0 unspecified atom stereocenters. The minimum Gasteiger partial charge on any atom is -0.507 e. The lowest BCUT2D eigenvalue weighted by molar-refractivity contribution is 0.0699. The van der Waals surface area contributed by atoms with Crippen molar-refractivity contribution in [2.24, 2.45) is 5.92 Å². The Morgan fingerprint density at radius 1 is 1.27 bits per heavy atom. The van der Waals surface area contributed by atoms with Gasteiger partial charge in [-0.15, -0.1) is 0 Å². The Kier molecular flexibility index (Phi) is 4.90. The molecule has 2 fully saturated rings. The lowest BCUT2D eigenvalue weighted by Crippen LogP contribution is -2.40. The summed E-state index contributed by atoms with van der Waals surface area (Å²) in [7, 11) is 0. The second-order valence-corrected chi connectivity index (χ2v) is 7.92. The van der Waals surface area contributed by atoms with Crippen LogP contribution in [0.4, 0.5) is 0 Å². The Bertz CT molecular complexity index is 800. The fourth-order valence-corrected chi connectivity index (χ4v) is 4.18. The summed E-state index contributed by atoms with van der Waals surface area (Å²) < 4.78 is 2.28. The number of imidazole rings is 1. The second kappa shape index (κ2) is 7.31. The third kappa shape index (κ3) is 3.45. The van der Waals surface area contributed by atoms with Crippen LogP contribution in [0.3, 0.4) is 0 Å². The number of halogens is 1. The van der Waals surface area contributed by atoms with Crippen molar-refractivity contribution in [3.05, 3.63) is 47.0 Å². The first-order chi connectivity index (χ1) is 12.6. The van der Waals surface area contributed by atoms with Gasteiger partial charge >= 0.3 is 0 Å². The van der Waals surface area contributed by atoms with Crippen LogP contribution in [0.2, 0.25) is 5.02 Å². The van der Waals surface area contributed by atoms with Crippen LogP contribution in [0.5, 0.6) is 5.75 Å². The first-order valence-corrected chi connectivity index (χ1v) is 9.78. The van der Waals surface area contributed by atoms with Crippen molar-refractivity contribution in [3.8, 4) is 5.75 Å². The molecule has 1 aliphatic carbocycles. The minimum absolute atomic E-state index is 0.0592. The highest BCUT2D eigenvalue weighted by molar-refractivity contribution is 6.30. The molecule has 0 bridgehead atoms. The van der Waals surface area contributed by atoms with Crippen molar-refractivity contribution in [3.63, 3.8) is 0 Å². The third-order valence-corrected chi connectivity index (χ3v) is 5.93. The van der Waals surface area contributed by atoms with Gasteiger partial charge in [0.1, 0.15) is 11.6 Å². The number of hydrogen-bond donors (Lipinski definition) is 1. The predicted octanol–water partition coefficient (Wildman–Crippen LogP) is 4.06. The van der Waals surface area contributed by atoms with Gasteiger partial charge in [-0.2, -0.15) is 0 Å². The Morgan fingerprint density at radius 3 is 2.85 bits per heavy atom. The Hall–Kier alpha value is -2.01. The molecule has 0 radical (unpaired) electrons. The number of carbonyl (C=O) groups excluding carboxylic acids is 1. The molecular weight excluding hydrogens is 350 g/mol. The normalized spacial score (nSPS) is 20.8. The molecule has 2 aliphatic rings. The highest BCUT2D eigenvalue weighted by atomic mass is 35.5. The average molecular weight is 374 g/mol. The van der Waals surface area contributed by atoms with E-state index in [1.807, 2.05) is 11.1 Å². The van der Waals surface area contributed by atoms with Crippen LogP contribution in [0.1, 0.15) is 54.2 Å². The third-order valence-electron chi connectivity index (χ3n) is 5.69. The maximum absolute atomic E-state index is 12.9. The van der Waals surface area contributed by atoms with Gasteiger partial charge in [0.15, 0.2) is 0 Å². The maximum Gasteiger partial charge on any atom is 0.257 e. The monoisotopic (exact) mass is 373 g/mol. The molecule has 1 amide bonds. The van der Waals surface area contributed by atoms with Crippen molar-refractivity contribution in [1.82, 2.24) is 14.5 Å². The summed E-state index contributed by atoms with van der Waals surface area (Å²) in [6.45, 7) is 2.39. The van der Waals surface area contributed by atoms with Crippen molar-refractivity contribution in [2.45, 2.75) is 44.6 Å². The fraction of sp³-hybridized carbons (Fsp3) is 0.500. The van der Waals surface area contributed by atoms with Crippen molar-refractivity contribution in [1.29, 1.82) is 0 Å². The van der Waals surface area contributed by atoms with E-state index in [2.05, 4.69) is 15.7 Å². The van der Waals surface area contributed by atoms with Gasteiger partial charge in [0, 0.05) is 43.0 Å². The van der Waals surface area contributed by atoms with Crippen molar-refractivity contribution >= 4 is 17.5 Å². The quantitative estimate of drug-likeness (QED) is 0.879. The predicted molar refractivity (Wildman–Crippen MR) is 101 cm³/mol. The number of likely N-dealkylation sites (tertiary alicyclic amines) is 1. The zero-order valence-corrected chi connectivity index (χ0v) is 15.5. The summed E-state index contributed by atoms with van der Waals surface area (Å²) in [4.78, 5) is 19.3. The van der Waals surface area contributed by atoms with E-state index >= 15 is 0 Å². The molecule has 138 valence electrons. The summed E-state index contributed by atoms with van der Waals surface area (Å²) in [5.74, 6) is 1.92. The summed E-state index contributed by atoms with van der Waals surface area (Å²) in [6, 6.07) is 4.66. The number of piperidine rings is 1. The molecule has 5 nitrogen and oxygen atoms in total. The first kappa shape index (κ1) is 17.4. The van der Waals surface area contributed by atoms with Gasteiger partial charge in [0.05, 0.1) is 5.56 Å². The van der Waals surface area contributed by atoms with Crippen molar-refractivity contribution in [2.75, 3.05) is 13.1 Å². The number of hydrogen-bond acceptors (Lipinski definition) is 3. The van der Waals surface area contributed by atoms with Gasteiger partial charge in [0.25, 0.3) is 5.91 Å². The standard InChI is InChI=1S/C20H24ClN3O2/c21-16-6-7-17(18(25)11-16)20(26)24-9-2-5-15(13-24)19-22-8-10-23(19)12-14-3-1-4-14/h6-8,10-11,14-15,25H,1-5,9,12-13H2/t15-/m0/s1. The number of benzene rings is 1. The van der Waals surface area contributed by atoms with E-state index in [9.17, 15) is 9.90 Å². The topological polar surface area (TPSA) is 58.4 Å². The highest BCUT2D eigenvalue weighted by Gasteiger charge is 2.30. The SMILES string of the molecule is O=C(c1ccc(Cl)cc1O)N1CCC[C@H](c2nccn2CC2CCC2)C1. The smallest absolute Gasteiger partial charge is 0.257 e. The molecule has 1 atom stereocenters. The van der Waals surface area contributed by atoms with Crippen LogP contribution in [0.15, 0.2) is 30.6 Å². The Labute approximate surface area is 158 Å². The molecule has 1 aliphatic heterocycles. The van der Waals surface area contributed by atoms with E-state index in [0.717, 1.165) is 31.1 Å². The number of aromatic nitrogens is 2. The molecule has 4 rings (SSSR count). The molecular formula is C20H24ClN3O2. The number of aromatic hydroxyl groups is 1. The van der Waals surface area contributed by atoms with E-state index in [4.69, 9.17) is 11.6 Å². The van der Waals surface area contributed by atoms with Gasteiger partial charge in [-0.3, -0.25) is 4.79 Å². The largest absolute Gasteiger partial charge is 0.507 e. The van der Waals surface area contributed by atoms with E-state index in [1.54, 1.807) is 12.1 Å². The van der Waals surface area contributed by atoms with Gasteiger partial charge in [-0.05, 0) is 49.8 Å². The van der Waals surface area contributed by atoms with Crippen LogP contribution in [0, 0.1) is 5.92 Å². The van der Waals surface area contributed by atoms with Crippen LogP contribution in [0.25, 0.3) is 0 Å². The molecule has 0 spiro atoms. The number of amides is 1. The Balaban J connectivity index is 1.49. The van der Waals surface area contributed by atoms with Crippen molar-refractivity contribution < 1.29 is 9.90 Å². The molecule has 1 aromatic carbocycles. The van der Waals surface area contributed by atoms with E-state index < -0.39 is 0 Å². The molecule has 1 saturated carbocycles. The number of nitrogens with zero attached hydrogens (tertiary/aromatic N) is 3. The molecule has 6 heteroatoms. The highest BCUT2D eigenvalue weighted by Crippen LogP contribution is 2.32. The number of phenols is 1. The molecule has 26 heavy (non-hydrogen) atoms. The van der Waals surface area contributed by atoms with Crippen LogP contribution in [-0.2, 0) is 6.54 Å². The van der Waals surface area contributed by atoms with E-state index in [1.165, 1.54) is 25.3 Å². The summed E-state index contributed by atoms with van der Waals surface area (Å²) in [5, 5.41) is 10.5. The lowest BCUT2D eigenvalue weighted by atomic mass is 9.85. The molecule has 1 saturated heterocycles. The minimum atomic E-state index is -0.138. The van der Waals surface area contributed by atoms with Gasteiger partial charge in [-0.1, -0.05) is 18.0 Å². The van der Waals surface area contributed by atoms with Crippen LogP contribution in [-0.4, -0.2) is 38.6 Å². The van der Waals surface area contributed by atoms with E-state index in [-0.39, 0.29) is 17.6 Å². The zero-order chi connectivity index (χ0) is 18.1. The van der Waals surface area contributed by atoms with Crippen LogP contribution >= 0.6 is 11.6 Å².